The molecule has 0 fully saturated rings. The minimum atomic E-state index is 0.0365. The number of para-hydroxylation sites is 1. The number of hydrogen-bond donors (Lipinski definition) is 0. The topological polar surface area (TPSA) is 32.7 Å². The van der Waals surface area contributed by atoms with Crippen molar-refractivity contribution in [2.75, 3.05) is 18.0 Å². The molecular formula is C17H13ClN2O. The molecule has 0 spiro atoms. The van der Waals surface area contributed by atoms with E-state index in [1.165, 1.54) is 0 Å². The van der Waals surface area contributed by atoms with Crippen molar-refractivity contribution >= 4 is 28.9 Å². The number of anilines is 1. The highest BCUT2D eigenvalue weighted by molar-refractivity contribution is 6.32. The first-order valence-corrected chi connectivity index (χ1v) is 7.39. The number of amidine groups is 1. The first-order chi connectivity index (χ1) is 10.3. The molecule has 2 heterocycles. The van der Waals surface area contributed by atoms with E-state index in [-0.39, 0.29) is 5.78 Å². The maximum Gasteiger partial charge on any atom is 0.195 e. The van der Waals surface area contributed by atoms with Gasteiger partial charge in [-0.2, -0.15) is 0 Å². The molecule has 104 valence electrons. The third-order valence-electron chi connectivity index (χ3n) is 3.96. The van der Waals surface area contributed by atoms with E-state index in [0.29, 0.717) is 10.6 Å². The predicted octanol–water partition coefficient (Wildman–Crippen LogP) is 3.54. The Kier molecular flexibility index (Phi) is 2.82. The van der Waals surface area contributed by atoms with E-state index in [4.69, 9.17) is 11.6 Å². The molecule has 3 nitrogen and oxygen atoms in total. The summed E-state index contributed by atoms with van der Waals surface area (Å²) < 4.78 is 0. The molecule has 0 aliphatic carbocycles. The Balaban J connectivity index is 2.06. The van der Waals surface area contributed by atoms with Gasteiger partial charge in [-0.25, -0.2) is 0 Å². The maximum atomic E-state index is 12.9. The van der Waals surface area contributed by atoms with Crippen molar-refractivity contribution in [2.45, 2.75) is 6.42 Å². The molecule has 0 atom stereocenters. The minimum absolute atomic E-state index is 0.0365. The monoisotopic (exact) mass is 296 g/mol. The highest BCUT2D eigenvalue weighted by atomic mass is 35.5. The Bertz CT molecular complexity index is 782. The summed E-state index contributed by atoms with van der Waals surface area (Å²) >= 11 is 6.14. The van der Waals surface area contributed by atoms with E-state index in [1.807, 2.05) is 30.3 Å². The largest absolute Gasteiger partial charge is 0.325 e. The Morgan fingerprint density at radius 2 is 1.90 bits per heavy atom. The molecule has 2 aliphatic heterocycles. The van der Waals surface area contributed by atoms with Gasteiger partial charge in [-0.15, -0.1) is 0 Å². The second-order valence-electron chi connectivity index (χ2n) is 5.25. The fourth-order valence-electron chi connectivity index (χ4n) is 3.02. The van der Waals surface area contributed by atoms with Crippen molar-refractivity contribution in [2.24, 2.45) is 4.99 Å². The van der Waals surface area contributed by atoms with Crippen LogP contribution in [-0.2, 0) is 0 Å². The molecule has 0 unspecified atom stereocenters. The lowest BCUT2D eigenvalue weighted by Gasteiger charge is -2.29. The van der Waals surface area contributed by atoms with Crippen LogP contribution in [0.3, 0.4) is 0 Å². The highest BCUT2D eigenvalue weighted by Gasteiger charge is 2.30. The number of halogens is 1. The van der Waals surface area contributed by atoms with Crippen LogP contribution in [0.4, 0.5) is 5.69 Å². The third-order valence-corrected chi connectivity index (χ3v) is 4.20. The van der Waals surface area contributed by atoms with Crippen molar-refractivity contribution in [3.63, 3.8) is 0 Å². The molecule has 0 saturated heterocycles. The number of fused-ring (bicyclic) bond motifs is 5. The summed E-state index contributed by atoms with van der Waals surface area (Å²) in [5, 5.41) is 0.626. The van der Waals surface area contributed by atoms with Crippen LogP contribution < -0.4 is 4.90 Å². The number of hydrogen-bond acceptors (Lipinski definition) is 3. The second-order valence-corrected chi connectivity index (χ2v) is 5.68. The molecule has 2 aromatic carbocycles. The first-order valence-electron chi connectivity index (χ1n) is 7.01. The van der Waals surface area contributed by atoms with Crippen LogP contribution in [0.15, 0.2) is 47.5 Å². The molecule has 0 amide bonds. The molecule has 4 heteroatoms. The Morgan fingerprint density at radius 1 is 1.05 bits per heavy atom. The van der Waals surface area contributed by atoms with Gasteiger partial charge in [-0.1, -0.05) is 23.7 Å². The lowest BCUT2D eigenvalue weighted by Crippen LogP contribution is -2.36. The number of nitrogens with zero attached hydrogens (tertiary/aromatic N) is 2. The SMILES string of the molecule is O=C1c2ccc(Cl)cc2C2=NCCCN2c2ccccc21. The summed E-state index contributed by atoms with van der Waals surface area (Å²) in [4.78, 5) is 19.7. The molecule has 0 aromatic heterocycles. The summed E-state index contributed by atoms with van der Waals surface area (Å²) in [7, 11) is 0. The predicted molar refractivity (Wildman–Crippen MR) is 84.7 cm³/mol. The normalized spacial score (nSPS) is 16.5. The third kappa shape index (κ3) is 1.88. The standard InChI is InChI=1S/C17H13ClN2O/c18-11-6-7-12-14(10-11)17-19-8-3-9-20(17)15-5-2-1-4-13(15)16(12)21/h1-2,4-7,10H,3,8-9H2. The van der Waals surface area contributed by atoms with Crippen LogP contribution in [0.25, 0.3) is 0 Å². The van der Waals surface area contributed by atoms with Gasteiger partial charge in [0, 0.05) is 34.8 Å². The van der Waals surface area contributed by atoms with E-state index in [0.717, 1.165) is 42.2 Å². The van der Waals surface area contributed by atoms with Gasteiger partial charge in [0.2, 0.25) is 0 Å². The lowest BCUT2D eigenvalue weighted by molar-refractivity contribution is 0.103. The first kappa shape index (κ1) is 12.6. The van der Waals surface area contributed by atoms with Crippen LogP contribution in [0.2, 0.25) is 5.02 Å². The summed E-state index contributed by atoms with van der Waals surface area (Å²) in [5.74, 6) is 0.895. The van der Waals surface area contributed by atoms with Gasteiger partial charge in [0.15, 0.2) is 5.78 Å². The number of rotatable bonds is 0. The van der Waals surface area contributed by atoms with Crippen LogP contribution >= 0.6 is 11.6 Å². The summed E-state index contributed by atoms with van der Waals surface area (Å²) in [6.07, 6.45) is 0.988. The van der Waals surface area contributed by atoms with Gasteiger partial charge in [-0.05, 0) is 36.8 Å². The molecule has 0 N–H and O–H groups in total. The highest BCUT2D eigenvalue weighted by Crippen LogP contribution is 2.33. The molecule has 0 bridgehead atoms. The van der Waals surface area contributed by atoms with E-state index in [1.54, 1.807) is 12.1 Å². The Hall–Kier alpha value is -2.13. The van der Waals surface area contributed by atoms with E-state index < -0.39 is 0 Å². The van der Waals surface area contributed by atoms with Gasteiger partial charge in [0.25, 0.3) is 0 Å². The van der Waals surface area contributed by atoms with E-state index >= 15 is 0 Å². The average molecular weight is 297 g/mol. The van der Waals surface area contributed by atoms with Crippen molar-refractivity contribution in [1.29, 1.82) is 0 Å². The molecule has 2 aliphatic rings. The van der Waals surface area contributed by atoms with Crippen molar-refractivity contribution in [1.82, 2.24) is 0 Å². The fraction of sp³-hybridized carbons (Fsp3) is 0.176. The van der Waals surface area contributed by atoms with Crippen molar-refractivity contribution in [3.8, 4) is 0 Å². The molecule has 2 aromatic rings. The minimum Gasteiger partial charge on any atom is -0.325 e. The quantitative estimate of drug-likeness (QED) is 0.745. The zero-order valence-corrected chi connectivity index (χ0v) is 12.1. The van der Waals surface area contributed by atoms with E-state index in [9.17, 15) is 4.79 Å². The van der Waals surface area contributed by atoms with Crippen LogP contribution in [0.1, 0.15) is 27.9 Å². The molecule has 21 heavy (non-hydrogen) atoms. The van der Waals surface area contributed by atoms with Gasteiger partial charge in [-0.3, -0.25) is 9.79 Å². The van der Waals surface area contributed by atoms with Crippen LogP contribution in [-0.4, -0.2) is 24.7 Å². The number of aliphatic imine (C=N–C) groups is 1. The smallest absolute Gasteiger partial charge is 0.195 e. The van der Waals surface area contributed by atoms with E-state index in [2.05, 4.69) is 9.89 Å². The second kappa shape index (κ2) is 4.71. The molecule has 0 radical (unpaired) electrons. The van der Waals surface area contributed by atoms with Crippen LogP contribution in [0, 0.1) is 0 Å². The molecule has 4 rings (SSSR count). The average Bonchev–Trinajstić information content (AvgIpc) is 2.63. The fourth-order valence-corrected chi connectivity index (χ4v) is 3.19. The zero-order chi connectivity index (χ0) is 14.4. The van der Waals surface area contributed by atoms with Crippen molar-refractivity contribution < 1.29 is 4.79 Å². The van der Waals surface area contributed by atoms with Gasteiger partial charge >= 0.3 is 0 Å². The number of benzene rings is 2. The zero-order valence-electron chi connectivity index (χ0n) is 11.3. The van der Waals surface area contributed by atoms with Crippen molar-refractivity contribution in [3.05, 3.63) is 64.2 Å². The van der Waals surface area contributed by atoms with Gasteiger partial charge < -0.3 is 4.90 Å². The summed E-state index contributed by atoms with van der Waals surface area (Å²) in [6.45, 7) is 1.66. The number of carbonyl (C=O) groups is 1. The van der Waals surface area contributed by atoms with Gasteiger partial charge in [0.1, 0.15) is 5.84 Å². The molecule has 0 saturated carbocycles. The van der Waals surface area contributed by atoms with Gasteiger partial charge in [0.05, 0.1) is 5.69 Å². The Labute approximate surface area is 127 Å². The molecular weight excluding hydrogens is 284 g/mol. The maximum absolute atomic E-state index is 12.9. The summed E-state index contributed by atoms with van der Waals surface area (Å²) in [6, 6.07) is 13.1. The lowest BCUT2D eigenvalue weighted by atomic mass is 9.99. The number of carbonyl (C=O) groups excluding carboxylic acids is 1. The van der Waals surface area contributed by atoms with Crippen LogP contribution in [0.5, 0.6) is 0 Å². The summed E-state index contributed by atoms with van der Waals surface area (Å²) in [5.41, 5.74) is 3.18. The number of ketones is 1. The Morgan fingerprint density at radius 3 is 2.81 bits per heavy atom.